The Bertz CT molecular complexity index is 1270. The average Bonchev–Trinajstić information content (AvgIpc) is 3.53. The number of anilines is 1. The second-order valence-electron chi connectivity index (χ2n) is 11.6. The molecular formula is C29H37N7O3S. The van der Waals surface area contributed by atoms with Crippen molar-refractivity contribution in [2.24, 2.45) is 22.1 Å². The fourth-order valence-corrected chi connectivity index (χ4v) is 8.09. The van der Waals surface area contributed by atoms with Gasteiger partial charge in [-0.2, -0.15) is 0 Å². The topological polar surface area (TPSA) is 111 Å². The number of fused-ring (bicyclic) bond motifs is 4. The Morgan fingerprint density at radius 1 is 1.20 bits per heavy atom. The van der Waals surface area contributed by atoms with Crippen LogP contribution < -0.4 is 10.6 Å². The molecule has 0 saturated carbocycles. The molecule has 2 aromatic heterocycles. The molecule has 2 aromatic rings. The van der Waals surface area contributed by atoms with Crippen LogP contribution in [0, 0.1) is 11.3 Å². The molecule has 7 rings (SSSR count). The third-order valence-electron chi connectivity index (χ3n) is 9.25. The van der Waals surface area contributed by atoms with Gasteiger partial charge >= 0.3 is 0 Å². The summed E-state index contributed by atoms with van der Waals surface area (Å²) in [5.41, 5.74) is 9.23. The lowest BCUT2D eigenvalue weighted by atomic mass is 9.73. The van der Waals surface area contributed by atoms with Gasteiger partial charge in [0.1, 0.15) is 29.6 Å². The van der Waals surface area contributed by atoms with Crippen molar-refractivity contribution < 1.29 is 14.2 Å². The fourth-order valence-electron chi connectivity index (χ4n) is 7.12. The van der Waals surface area contributed by atoms with Gasteiger partial charge in [-0.25, -0.2) is 15.0 Å². The molecular weight excluding hydrogens is 526 g/mol. The Balaban J connectivity index is 0.954. The van der Waals surface area contributed by atoms with Crippen molar-refractivity contribution in [1.29, 1.82) is 0 Å². The monoisotopic (exact) mass is 563 g/mol. The van der Waals surface area contributed by atoms with Gasteiger partial charge < -0.3 is 29.7 Å². The number of morpholine rings is 1. The number of nitrogens with two attached hydrogens (primary N) is 1. The van der Waals surface area contributed by atoms with E-state index in [9.17, 15) is 0 Å². The van der Waals surface area contributed by atoms with E-state index in [-0.39, 0.29) is 22.8 Å². The summed E-state index contributed by atoms with van der Waals surface area (Å²) in [5.74, 6) is 2.42. The molecule has 5 aliphatic rings. The van der Waals surface area contributed by atoms with Crippen molar-refractivity contribution in [3.8, 4) is 0 Å². The molecule has 6 heterocycles. The van der Waals surface area contributed by atoms with E-state index in [0.29, 0.717) is 32.0 Å². The second-order valence-corrected chi connectivity index (χ2v) is 12.8. The third kappa shape index (κ3) is 4.81. The predicted molar refractivity (Wildman–Crippen MR) is 153 cm³/mol. The molecule has 2 unspecified atom stereocenters. The number of nitrogens with zero attached hydrogens (tertiary/aromatic N) is 6. The van der Waals surface area contributed by atoms with Crippen LogP contribution in [-0.2, 0) is 20.6 Å². The lowest BCUT2D eigenvalue weighted by molar-refractivity contribution is -0.0418. The van der Waals surface area contributed by atoms with Crippen LogP contribution >= 0.6 is 11.8 Å². The van der Waals surface area contributed by atoms with Gasteiger partial charge in [0.15, 0.2) is 0 Å². The molecule has 11 heteroatoms. The maximum Gasteiger partial charge on any atom is 0.147 e. The highest BCUT2D eigenvalue weighted by Crippen LogP contribution is 2.50. The molecule has 0 bridgehead atoms. The van der Waals surface area contributed by atoms with E-state index >= 15 is 0 Å². The van der Waals surface area contributed by atoms with Crippen molar-refractivity contribution in [1.82, 2.24) is 19.9 Å². The average molecular weight is 564 g/mol. The minimum Gasteiger partial charge on any atom is -0.367 e. The van der Waals surface area contributed by atoms with Gasteiger partial charge in [0, 0.05) is 56.8 Å². The van der Waals surface area contributed by atoms with E-state index in [1.165, 1.54) is 11.3 Å². The van der Waals surface area contributed by atoms with Crippen molar-refractivity contribution in [2.45, 2.75) is 54.1 Å². The number of rotatable bonds is 7. The smallest absolute Gasteiger partial charge is 0.147 e. The summed E-state index contributed by atoms with van der Waals surface area (Å²) in [7, 11) is 1.65. The molecule has 40 heavy (non-hydrogen) atoms. The Morgan fingerprint density at radius 2 is 2.10 bits per heavy atom. The zero-order valence-corrected chi connectivity index (χ0v) is 23.7. The van der Waals surface area contributed by atoms with Crippen LogP contribution in [0.5, 0.6) is 0 Å². The number of aromatic nitrogens is 3. The number of hydrogen-bond acceptors (Lipinski definition) is 11. The molecule has 1 spiro atoms. The Labute approximate surface area is 239 Å². The summed E-state index contributed by atoms with van der Waals surface area (Å²) in [6.45, 7) is 4.54. The Kier molecular flexibility index (Phi) is 7.25. The summed E-state index contributed by atoms with van der Waals surface area (Å²) in [5, 5.41) is 0.997. The standard InChI is InChI=1S/C29H37N7O3S/c1-37-18-38-16-19-11-20-17-39-26-23(4-8-32-28(26)36(20)15-19)40-25-14-33-24(13-34-25)35-9-5-29(6-10-35)12-22-21(27(29)30)3-2-7-31-22/h2-4,7-8,13-14,19-20,23,26-27H,5-6,9-12,15-18,30H2,1H3/t19-,20-,23?,26?,27+/m0/s1. The maximum atomic E-state index is 6.73. The van der Waals surface area contributed by atoms with E-state index < -0.39 is 0 Å². The quantitative estimate of drug-likeness (QED) is 0.399. The van der Waals surface area contributed by atoms with Gasteiger partial charge in [0.2, 0.25) is 0 Å². The highest BCUT2D eigenvalue weighted by molar-refractivity contribution is 8.00. The summed E-state index contributed by atoms with van der Waals surface area (Å²) >= 11 is 1.69. The SMILES string of the molecule is COCOC[C@H]1C[C@H]2COC3C(=NC=CC3Sc3cnc(N4CCC5(CC4)Cc4ncccc4[C@H]5N)cn3)N2C1. The van der Waals surface area contributed by atoms with E-state index in [1.807, 2.05) is 30.9 Å². The number of piperidine rings is 1. The third-order valence-corrected chi connectivity index (χ3v) is 10.4. The number of methoxy groups -OCH3 is 1. The highest BCUT2D eigenvalue weighted by atomic mass is 32.2. The van der Waals surface area contributed by atoms with Crippen molar-refractivity contribution in [3.05, 3.63) is 54.3 Å². The molecule has 3 fully saturated rings. The lowest BCUT2D eigenvalue weighted by Gasteiger charge is -2.42. The van der Waals surface area contributed by atoms with Gasteiger partial charge in [0.05, 0.1) is 36.9 Å². The minimum absolute atomic E-state index is 0.0629. The predicted octanol–water partition coefficient (Wildman–Crippen LogP) is 2.81. The maximum absolute atomic E-state index is 6.73. The first-order valence-electron chi connectivity index (χ1n) is 14.3. The van der Waals surface area contributed by atoms with Crippen molar-refractivity contribution in [3.63, 3.8) is 0 Å². The number of pyridine rings is 1. The number of ether oxygens (including phenoxy) is 3. The number of amidine groups is 1. The normalized spacial score (nSPS) is 30.2. The van der Waals surface area contributed by atoms with E-state index in [2.05, 4.69) is 26.9 Å². The van der Waals surface area contributed by atoms with Crippen molar-refractivity contribution >= 4 is 23.4 Å². The van der Waals surface area contributed by atoms with Gasteiger partial charge in [-0.1, -0.05) is 17.8 Å². The van der Waals surface area contributed by atoms with Gasteiger partial charge in [-0.15, -0.1) is 0 Å². The first-order chi connectivity index (χ1) is 19.6. The van der Waals surface area contributed by atoms with E-state index in [4.69, 9.17) is 34.9 Å². The number of thioether (sulfide) groups is 1. The van der Waals surface area contributed by atoms with Crippen molar-refractivity contribution in [2.75, 3.05) is 51.7 Å². The minimum atomic E-state index is -0.0844. The zero-order valence-electron chi connectivity index (χ0n) is 22.9. The lowest BCUT2D eigenvalue weighted by Crippen LogP contribution is -2.54. The van der Waals surface area contributed by atoms with E-state index in [0.717, 1.165) is 62.0 Å². The molecule has 2 N–H and O–H groups in total. The molecule has 3 saturated heterocycles. The number of hydrogen-bond donors (Lipinski definition) is 1. The number of aliphatic imine (C=N–C) groups is 1. The summed E-state index contributed by atoms with van der Waals surface area (Å²) in [6.07, 6.45) is 13.7. The van der Waals surface area contributed by atoms with E-state index in [1.54, 1.807) is 18.9 Å². The molecule has 4 aliphatic heterocycles. The van der Waals surface area contributed by atoms with Crippen LogP contribution in [0.15, 0.2) is 53.0 Å². The molecule has 0 aromatic carbocycles. The molecule has 1 aliphatic carbocycles. The largest absolute Gasteiger partial charge is 0.367 e. The summed E-state index contributed by atoms with van der Waals surface area (Å²) in [4.78, 5) is 23.7. The van der Waals surface area contributed by atoms with Gasteiger partial charge in [-0.3, -0.25) is 4.98 Å². The van der Waals surface area contributed by atoms with Crippen LogP contribution in [0.2, 0.25) is 0 Å². The van der Waals surface area contributed by atoms with Crippen LogP contribution in [0.25, 0.3) is 0 Å². The van der Waals surface area contributed by atoms with Crippen LogP contribution in [0.3, 0.4) is 0 Å². The Hall–Kier alpha value is -2.57. The molecule has 212 valence electrons. The fraction of sp³-hybridized carbons (Fsp3) is 0.586. The van der Waals surface area contributed by atoms with Gasteiger partial charge in [0.25, 0.3) is 0 Å². The van der Waals surface area contributed by atoms with Gasteiger partial charge in [-0.05, 0) is 48.8 Å². The van der Waals surface area contributed by atoms with Crippen LogP contribution in [-0.4, -0.2) is 89.8 Å². The first kappa shape index (κ1) is 26.3. The Morgan fingerprint density at radius 3 is 2.90 bits per heavy atom. The van der Waals surface area contributed by atoms with Crippen LogP contribution in [0.4, 0.5) is 5.82 Å². The molecule has 10 nitrogen and oxygen atoms in total. The summed E-state index contributed by atoms with van der Waals surface area (Å²) < 4.78 is 17.0. The molecule has 0 radical (unpaired) electrons. The highest BCUT2D eigenvalue weighted by Gasteiger charge is 2.47. The molecule has 0 amide bonds. The first-order valence-corrected chi connectivity index (χ1v) is 15.1. The zero-order chi connectivity index (χ0) is 27.1. The summed E-state index contributed by atoms with van der Waals surface area (Å²) in [6, 6.07) is 4.56. The second kappa shape index (κ2) is 11.0. The van der Waals surface area contributed by atoms with Crippen LogP contribution in [0.1, 0.15) is 36.6 Å². The molecule has 5 atom stereocenters.